The van der Waals surface area contributed by atoms with Crippen molar-refractivity contribution in [2.24, 2.45) is 0 Å². The van der Waals surface area contributed by atoms with Crippen LogP contribution in [0.15, 0.2) is 42.5 Å². The summed E-state index contributed by atoms with van der Waals surface area (Å²) in [7, 11) is 0. The van der Waals surface area contributed by atoms with E-state index >= 15 is 0 Å². The Morgan fingerprint density at radius 2 is 1.82 bits per heavy atom. The van der Waals surface area contributed by atoms with Gasteiger partial charge in [0, 0.05) is 16.9 Å². The minimum Gasteiger partial charge on any atom is -0.399 e. The first kappa shape index (κ1) is 10.1. The van der Waals surface area contributed by atoms with Crippen molar-refractivity contribution in [1.82, 2.24) is 4.98 Å². The summed E-state index contributed by atoms with van der Waals surface area (Å²) in [5.41, 5.74) is 15.0. The van der Waals surface area contributed by atoms with Gasteiger partial charge in [-0.3, -0.25) is 0 Å². The van der Waals surface area contributed by atoms with Crippen molar-refractivity contribution in [1.29, 1.82) is 0 Å². The van der Waals surface area contributed by atoms with Crippen LogP contribution in [0.1, 0.15) is 0 Å². The summed E-state index contributed by atoms with van der Waals surface area (Å²) in [4.78, 5) is 4.57. The molecule has 84 valence electrons. The third kappa shape index (κ3) is 1.72. The summed E-state index contributed by atoms with van der Waals surface area (Å²) in [6.45, 7) is 0. The smallest absolute Gasteiger partial charge is 0.126 e. The second-order valence-corrected chi connectivity index (χ2v) is 4.86. The molecule has 0 saturated carbocycles. The van der Waals surface area contributed by atoms with Crippen molar-refractivity contribution in [3.8, 4) is 10.6 Å². The van der Waals surface area contributed by atoms with Crippen LogP contribution in [0.5, 0.6) is 0 Å². The lowest BCUT2D eigenvalue weighted by molar-refractivity contribution is 1.48. The number of rotatable bonds is 1. The van der Waals surface area contributed by atoms with Crippen molar-refractivity contribution in [2.75, 3.05) is 11.5 Å². The van der Waals surface area contributed by atoms with Gasteiger partial charge in [-0.05, 0) is 30.3 Å². The van der Waals surface area contributed by atoms with E-state index in [1.165, 1.54) is 0 Å². The molecule has 1 aromatic heterocycles. The Bertz CT molecular complexity index is 655. The fourth-order valence-electron chi connectivity index (χ4n) is 1.75. The zero-order valence-electron chi connectivity index (χ0n) is 9.05. The normalized spacial score (nSPS) is 10.8. The van der Waals surface area contributed by atoms with Gasteiger partial charge in [-0.1, -0.05) is 12.1 Å². The maximum atomic E-state index is 5.95. The summed E-state index contributed by atoms with van der Waals surface area (Å²) in [5.74, 6) is 0. The molecule has 1 heterocycles. The molecule has 3 aromatic rings. The van der Waals surface area contributed by atoms with E-state index in [0.717, 1.165) is 20.8 Å². The highest BCUT2D eigenvalue weighted by molar-refractivity contribution is 7.21. The number of thiazole rings is 1. The number of anilines is 2. The van der Waals surface area contributed by atoms with Crippen LogP contribution in [0.25, 0.3) is 20.8 Å². The van der Waals surface area contributed by atoms with E-state index < -0.39 is 0 Å². The minimum absolute atomic E-state index is 0.702. The molecular weight excluding hydrogens is 230 g/mol. The Labute approximate surface area is 103 Å². The number of hydrogen-bond acceptors (Lipinski definition) is 4. The highest BCUT2D eigenvalue weighted by Crippen LogP contribution is 2.34. The zero-order valence-corrected chi connectivity index (χ0v) is 9.87. The van der Waals surface area contributed by atoms with Gasteiger partial charge in [-0.15, -0.1) is 11.3 Å². The molecule has 0 bridgehead atoms. The van der Waals surface area contributed by atoms with E-state index in [1.807, 2.05) is 30.3 Å². The number of nitrogens with zero attached hydrogens (tertiary/aromatic N) is 1. The van der Waals surface area contributed by atoms with Gasteiger partial charge < -0.3 is 11.5 Å². The SMILES string of the molecule is Nc1ccc(N)c(-c2nc3ccccc3s2)c1. The molecule has 0 fully saturated rings. The number of nitrogens with two attached hydrogens (primary N) is 2. The average Bonchev–Trinajstić information content (AvgIpc) is 2.75. The van der Waals surface area contributed by atoms with Crippen LogP contribution in [0.3, 0.4) is 0 Å². The quantitative estimate of drug-likeness (QED) is 0.643. The fraction of sp³-hybridized carbons (Fsp3) is 0. The number of hydrogen-bond donors (Lipinski definition) is 2. The van der Waals surface area contributed by atoms with Gasteiger partial charge in [0.1, 0.15) is 5.01 Å². The first-order chi connectivity index (χ1) is 8.24. The molecule has 4 heteroatoms. The molecule has 17 heavy (non-hydrogen) atoms. The summed E-state index contributed by atoms with van der Waals surface area (Å²) >= 11 is 1.63. The van der Waals surface area contributed by atoms with Crippen LogP contribution >= 0.6 is 11.3 Å². The minimum atomic E-state index is 0.702. The molecule has 0 spiro atoms. The van der Waals surface area contributed by atoms with Gasteiger partial charge in [0.15, 0.2) is 0 Å². The number of fused-ring (bicyclic) bond motifs is 1. The Morgan fingerprint density at radius 3 is 2.65 bits per heavy atom. The first-order valence-corrected chi connectivity index (χ1v) is 6.06. The molecule has 0 aliphatic heterocycles. The lowest BCUT2D eigenvalue weighted by atomic mass is 10.1. The van der Waals surface area contributed by atoms with Crippen molar-refractivity contribution >= 4 is 32.9 Å². The Hall–Kier alpha value is -2.07. The molecule has 3 nitrogen and oxygen atoms in total. The lowest BCUT2D eigenvalue weighted by Crippen LogP contribution is -1.92. The Kier molecular flexibility index (Phi) is 2.23. The molecule has 0 aliphatic rings. The lowest BCUT2D eigenvalue weighted by Gasteiger charge is -2.02. The third-order valence-corrected chi connectivity index (χ3v) is 3.67. The Morgan fingerprint density at radius 1 is 1.00 bits per heavy atom. The monoisotopic (exact) mass is 241 g/mol. The summed E-state index contributed by atoms with van der Waals surface area (Å²) < 4.78 is 1.16. The van der Waals surface area contributed by atoms with Crippen LogP contribution in [-0.4, -0.2) is 4.98 Å². The largest absolute Gasteiger partial charge is 0.399 e. The second-order valence-electron chi connectivity index (χ2n) is 3.83. The van der Waals surface area contributed by atoms with E-state index in [9.17, 15) is 0 Å². The highest BCUT2D eigenvalue weighted by Gasteiger charge is 2.09. The van der Waals surface area contributed by atoms with Gasteiger partial charge in [0.25, 0.3) is 0 Å². The summed E-state index contributed by atoms with van der Waals surface area (Å²) in [6, 6.07) is 13.5. The molecule has 0 radical (unpaired) electrons. The van der Waals surface area contributed by atoms with E-state index in [0.29, 0.717) is 11.4 Å². The number of benzene rings is 2. The van der Waals surface area contributed by atoms with Crippen LogP contribution in [0, 0.1) is 0 Å². The van der Waals surface area contributed by atoms with Gasteiger partial charge >= 0.3 is 0 Å². The predicted octanol–water partition coefficient (Wildman–Crippen LogP) is 3.13. The number of para-hydroxylation sites is 1. The molecular formula is C13H11N3S. The predicted molar refractivity (Wildman–Crippen MR) is 73.9 cm³/mol. The highest BCUT2D eigenvalue weighted by atomic mass is 32.1. The van der Waals surface area contributed by atoms with E-state index in [1.54, 1.807) is 17.4 Å². The van der Waals surface area contributed by atoms with Gasteiger partial charge in [0.2, 0.25) is 0 Å². The Balaban J connectivity index is 2.23. The number of nitrogen functional groups attached to an aromatic ring is 2. The van der Waals surface area contributed by atoms with E-state index in [-0.39, 0.29) is 0 Å². The summed E-state index contributed by atoms with van der Waals surface area (Å²) in [5, 5.41) is 0.913. The van der Waals surface area contributed by atoms with Gasteiger partial charge in [-0.2, -0.15) is 0 Å². The fourth-order valence-corrected chi connectivity index (χ4v) is 2.75. The molecule has 0 atom stereocenters. The molecule has 3 rings (SSSR count). The van der Waals surface area contributed by atoms with Crippen molar-refractivity contribution < 1.29 is 0 Å². The second kappa shape index (κ2) is 3.75. The van der Waals surface area contributed by atoms with Crippen LogP contribution in [-0.2, 0) is 0 Å². The standard InChI is InChI=1S/C13H11N3S/c14-8-5-6-10(15)9(7-8)13-16-11-3-1-2-4-12(11)17-13/h1-7H,14-15H2. The van der Waals surface area contributed by atoms with Crippen LogP contribution in [0.2, 0.25) is 0 Å². The molecule has 0 amide bonds. The zero-order chi connectivity index (χ0) is 11.8. The maximum absolute atomic E-state index is 5.95. The van der Waals surface area contributed by atoms with Crippen LogP contribution in [0.4, 0.5) is 11.4 Å². The van der Waals surface area contributed by atoms with Crippen molar-refractivity contribution in [2.45, 2.75) is 0 Å². The summed E-state index contributed by atoms with van der Waals surface area (Å²) in [6.07, 6.45) is 0. The van der Waals surface area contributed by atoms with E-state index in [4.69, 9.17) is 11.5 Å². The molecule has 2 aromatic carbocycles. The molecule has 0 unspecified atom stereocenters. The first-order valence-electron chi connectivity index (χ1n) is 5.25. The molecule has 0 aliphatic carbocycles. The third-order valence-electron chi connectivity index (χ3n) is 2.60. The maximum Gasteiger partial charge on any atom is 0.126 e. The van der Waals surface area contributed by atoms with Gasteiger partial charge in [0.05, 0.1) is 10.2 Å². The van der Waals surface area contributed by atoms with Crippen molar-refractivity contribution in [3.63, 3.8) is 0 Å². The van der Waals surface area contributed by atoms with Gasteiger partial charge in [-0.25, -0.2) is 4.98 Å². The number of aromatic nitrogens is 1. The molecule has 4 N–H and O–H groups in total. The average molecular weight is 241 g/mol. The van der Waals surface area contributed by atoms with Crippen LogP contribution < -0.4 is 11.5 Å². The molecule has 0 saturated heterocycles. The van der Waals surface area contributed by atoms with Crippen molar-refractivity contribution in [3.05, 3.63) is 42.5 Å². The topological polar surface area (TPSA) is 64.9 Å². The van der Waals surface area contributed by atoms with E-state index in [2.05, 4.69) is 11.1 Å².